The lowest BCUT2D eigenvalue weighted by atomic mass is 9.76. The van der Waals surface area contributed by atoms with Gasteiger partial charge >= 0.3 is 0 Å². The summed E-state index contributed by atoms with van der Waals surface area (Å²) < 4.78 is 6.85. The second-order valence-corrected chi connectivity index (χ2v) is 17.9. The Morgan fingerprint density at radius 1 is 1.13 bits per heavy atom. The van der Waals surface area contributed by atoms with Crippen LogP contribution in [0.2, 0.25) is 12.6 Å². The Bertz CT molecular complexity index is 453. The lowest BCUT2D eigenvalue weighted by Gasteiger charge is -2.40. The highest BCUT2D eigenvalue weighted by atomic mass is 32.3. The Kier molecular flexibility index (Phi) is 6.37. The van der Waals surface area contributed by atoms with Gasteiger partial charge in [0.15, 0.2) is 0 Å². The highest BCUT2D eigenvalue weighted by molar-refractivity contribution is 8.28. The van der Waals surface area contributed by atoms with Crippen molar-refractivity contribution in [2.75, 3.05) is 18.8 Å². The van der Waals surface area contributed by atoms with Crippen LogP contribution in [-0.2, 0) is 3.87 Å². The standard InChI is InChI=1S/C20H42OSSi/c1-12-16(2)20(6,7)13-14-23(11,21-22(8,9)10)18-15-17(18)19(3,4)5/h16H,12-15H2,1-11H3. The Hall–Kier alpha value is 0.267. The Morgan fingerprint density at radius 3 is 2.00 bits per heavy atom. The van der Waals surface area contributed by atoms with Crippen molar-refractivity contribution in [1.82, 2.24) is 0 Å². The predicted octanol–water partition coefficient (Wildman–Crippen LogP) is 6.94. The van der Waals surface area contributed by atoms with Crippen LogP contribution >= 0.6 is 10.3 Å². The van der Waals surface area contributed by atoms with Crippen LogP contribution in [0.25, 0.3) is 0 Å². The molecule has 0 aliphatic heterocycles. The SMILES string of the molecule is CCC(C)C(C)(C)CC[Si](C)(OS(C)(C)C)C1=C(C(C)(C)C)C1. The summed E-state index contributed by atoms with van der Waals surface area (Å²) in [6.07, 6.45) is 10.7. The maximum absolute atomic E-state index is 6.85. The summed E-state index contributed by atoms with van der Waals surface area (Å²) in [7, 11) is -2.70. The Balaban J connectivity index is 2.98. The van der Waals surface area contributed by atoms with E-state index in [0.29, 0.717) is 10.8 Å². The van der Waals surface area contributed by atoms with Gasteiger partial charge in [0.25, 0.3) is 0 Å². The monoisotopic (exact) mass is 358 g/mol. The molecule has 23 heavy (non-hydrogen) atoms. The lowest BCUT2D eigenvalue weighted by molar-refractivity contribution is 0.213. The van der Waals surface area contributed by atoms with Crippen LogP contribution in [-0.4, -0.2) is 27.1 Å². The van der Waals surface area contributed by atoms with Crippen LogP contribution in [0.5, 0.6) is 0 Å². The van der Waals surface area contributed by atoms with E-state index in [2.05, 4.69) is 73.8 Å². The van der Waals surface area contributed by atoms with Crippen molar-refractivity contribution < 1.29 is 3.87 Å². The molecule has 0 aromatic heterocycles. The highest BCUT2D eigenvalue weighted by Crippen LogP contribution is 2.55. The fourth-order valence-electron chi connectivity index (χ4n) is 3.51. The molecule has 0 N–H and O–H groups in total. The third-order valence-electron chi connectivity index (χ3n) is 5.76. The first-order valence-corrected chi connectivity index (χ1v) is 14.6. The molecule has 0 radical (unpaired) electrons. The van der Waals surface area contributed by atoms with Crippen molar-refractivity contribution in [2.45, 2.75) is 80.3 Å². The maximum atomic E-state index is 6.85. The second-order valence-electron chi connectivity index (χ2n) is 10.2. The van der Waals surface area contributed by atoms with Crippen LogP contribution in [0.15, 0.2) is 10.8 Å². The molecule has 0 aromatic carbocycles. The minimum absolute atomic E-state index is 0.326. The van der Waals surface area contributed by atoms with Crippen LogP contribution in [0.4, 0.5) is 0 Å². The molecule has 0 aromatic rings. The molecule has 3 heteroatoms. The van der Waals surface area contributed by atoms with Gasteiger partial charge in [-0.05, 0) is 66.1 Å². The van der Waals surface area contributed by atoms with E-state index < -0.39 is 18.6 Å². The predicted molar refractivity (Wildman–Crippen MR) is 112 cm³/mol. The van der Waals surface area contributed by atoms with E-state index in [4.69, 9.17) is 3.87 Å². The van der Waals surface area contributed by atoms with Crippen LogP contribution < -0.4 is 0 Å². The van der Waals surface area contributed by atoms with Gasteiger partial charge in [-0.3, -0.25) is 0 Å². The van der Waals surface area contributed by atoms with Gasteiger partial charge in [0.05, 0.1) is 0 Å². The quantitative estimate of drug-likeness (QED) is 0.427. The van der Waals surface area contributed by atoms with E-state index in [1.54, 1.807) is 10.8 Å². The molecule has 1 nitrogen and oxygen atoms in total. The minimum atomic E-state index is -1.78. The molecular weight excluding hydrogens is 316 g/mol. The summed E-state index contributed by atoms with van der Waals surface area (Å²) in [5.41, 5.74) is 2.43. The molecule has 1 aliphatic carbocycles. The summed E-state index contributed by atoms with van der Waals surface area (Å²) in [4.78, 5) is 0. The minimum Gasteiger partial charge on any atom is -0.372 e. The second kappa shape index (κ2) is 6.88. The van der Waals surface area contributed by atoms with Gasteiger partial charge < -0.3 is 3.87 Å². The number of hydrogen-bond donors (Lipinski definition) is 0. The molecule has 0 amide bonds. The number of allylic oxidation sites excluding steroid dienone is 2. The van der Waals surface area contributed by atoms with Crippen LogP contribution in [0, 0.1) is 16.7 Å². The molecule has 138 valence electrons. The summed E-state index contributed by atoms with van der Waals surface area (Å²) in [6, 6.07) is 1.28. The first kappa shape index (κ1) is 21.3. The molecule has 0 saturated heterocycles. The summed E-state index contributed by atoms with van der Waals surface area (Å²) in [5, 5.41) is 1.73. The van der Waals surface area contributed by atoms with E-state index in [-0.39, 0.29) is 0 Å². The van der Waals surface area contributed by atoms with Gasteiger partial charge in [-0.15, -0.1) is 0 Å². The molecule has 2 unspecified atom stereocenters. The number of hydrogen-bond acceptors (Lipinski definition) is 1. The molecule has 2 atom stereocenters. The fraction of sp³-hybridized carbons (Fsp3) is 0.900. The Labute approximate surface area is 149 Å². The van der Waals surface area contributed by atoms with Crippen LogP contribution in [0.3, 0.4) is 0 Å². The zero-order valence-electron chi connectivity index (χ0n) is 17.7. The van der Waals surface area contributed by atoms with E-state index in [1.165, 1.54) is 25.3 Å². The summed E-state index contributed by atoms with van der Waals surface area (Å²) in [5.74, 6) is 0.776. The van der Waals surface area contributed by atoms with E-state index in [0.717, 1.165) is 5.92 Å². The molecular formula is C20H42OSSi. The van der Waals surface area contributed by atoms with Gasteiger partial charge in [-0.25, -0.2) is 0 Å². The topological polar surface area (TPSA) is 9.23 Å². The van der Waals surface area contributed by atoms with Gasteiger partial charge in [0.1, 0.15) is 0 Å². The normalized spacial score (nSPS) is 21.2. The van der Waals surface area contributed by atoms with Gasteiger partial charge in [-0.2, -0.15) is 10.3 Å². The average molecular weight is 359 g/mol. The first-order valence-electron chi connectivity index (χ1n) is 9.24. The molecule has 0 heterocycles. The zero-order chi connectivity index (χ0) is 18.3. The third-order valence-corrected chi connectivity index (χ3v) is 12.2. The number of rotatable bonds is 8. The van der Waals surface area contributed by atoms with Crippen molar-refractivity contribution in [3.63, 3.8) is 0 Å². The van der Waals surface area contributed by atoms with Crippen molar-refractivity contribution in [3.05, 3.63) is 10.8 Å². The fourth-order valence-corrected chi connectivity index (χ4v) is 11.6. The van der Waals surface area contributed by atoms with E-state index >= 15 is 0 Å². The van der Waals surface area contributed by atoms with Gasteiger partial charge in [-0.1, -0.05) is 60.5 Å². The molecule has 0 fully saturated rings. The van der Waals surface area contributed by atoms with Crippen molar-refractivity contribution in [1.29, 1.82) is 0 Å². The third kappa shape index (κ3) is 5.93. The lowest BCUT2D eigenvalue weighted by Crippen LogP contribution is -2.37. The molecule has 0 saturated carbocycles. The first-order chi connectivity index (χ1) is 10.1. The summed E-state index contributed by atoms with van der Waals surface area (Å²) >= 11 is 0. The zero-order valence-corrected chi connectivity index (χ0v) is 19.5. The van der Waals surface area contributed by atoms with Crippen molar-refractivity contribution in [2.24, 2.45) is 16.7 Å². The van der Waals surface area contributed by atoms with Gasteiger partial charge in [0.2, 0.25) is 8.32 Å². The largest absolute Gasteiger partial charge is 0.372 e. The summed E-state index contributed by atoms with van der Waals surface area (Å²) in [6.45, 7) is 19.2. The molecule has 0 bridgehead atoms. The van der Waals surface area contributed by atoms with Gasteiger partial charge in [0, 0.05) is 0 Å². The highest BCUT2D eigenvalue weighted by Gasteiger charge is 2.48. The molecule has 1 aliphatic rings. The molecule has 1 rings (SSSR count). The van der Waals surface area contributed by atoms with Crippen LogP contribution in [0.1, 0.15) is 67.7 Å². The van der Waals surface area contributed by atoms with E-state index in [9.17, 15) is 0 Å². The average Bonchev–Trinajstić information content (AvgIpc) is 3.13. The van der Waals surface area contributed by atoms with Crippen molar-refractivity contribution in [3.8, 4) is 0 Å². The molecule has 0 spiro atoms. The Morgan fingerprint density at radius 2 is 1.65 bits per heavy atom. The maximum Gasteiger partial charge on any atom is 0.232 e. The van der Waals surface area contributed by atoms with Crippen molar-refractivity contribution >= 4 is 18.6 Å². The van der Waals surface area contributed by atoms with E-state index in [1.807, 2.05) is 0 Å². The smallest absolute Gasteiger partial charge is 0.232 e.